The van der Waals surface area contributed by atoms with Crippen molar-refractivity contribution in [1.29, 1.82) is 0 Å². The molecule has 0 bridgehead atoms. The zero-order valence-electron chi connectivity index (χ0n) is 15.5. The molecule has 5 heteroatoms. The summed E-state index contributed by atoms with van der Waals surface area (Å²) < 4.78 is 0. The van der Waals surface area contributed by atoms with Crippen molar-refractivity contribution in [3.05, 3.63) is 107 Å². The average molecular weight is 398 g/mol. The quantitative estimate of drug-likeness (QED) is 0.438. The van der Waals surface area contributed by atoms with E-state index in [0.29, 0.717) is 16.1 Å². The molecule has 4 rings (SSSR count). The van der Waals surface area contributed by atoms with Crippen LogP contribution in [0, 0.1) is 0 Å². The maximum Gasteiger partial charge on any atom is 0.265 e. The summed E-state index contributed by atoms with van der Waals surface area (Å²) >= 11 is 1.37. The Kier molecular flexibility index (Phi) is 5.49. The fourth-order valence-electron chi connectivity index (χ4n) is 2.99. The minimum Gasteiger partial charge on any atom is -0.321 e. The number of nitrogens with one attached hydrogen (secondary N) is 2. The fraction of sp³-hybridized carbons (Fsp3) is 0. The number of hydrogen-bond donors (Lipinski definition) is 2. The van der Waals surface area contributed by atoms with Crippen molar-refractivity contribution in [3.8, 4) is 11.1 Å². The van der Waals surface area contributed by atoms with Crippen LogP contribution in [0.4, 0.5) is 11.4 Å². The Morgan fingerprint density at radius 3 is 2.28 bits per heavy atom. The van der Waals surface area contributed by atoms with Gasteiger partial charge in [0.25, 0.3) is 11.8 Å². The van der Waals surface area contributed by atoms with E-state index < -0.39 is 0 Å². The number of carbonyl (C=O) groups excluding carboxylic acids is 2. The van der Waals surface area contributed by atoms with Crippen LogP contribution < -0.4 is 10.6 Å². The van der Waals surface area contributed by atoms with Crippen LogP contribution >= 0.6 is 11.3 Å². The van der Waals surface area contributed by atoms with Crippen molar-refractivity contribution >= 4 is 34.5 Å². The molecule has 4 nitrogen and oxygen atoms in total. The minimum atomic E-state index is -0.236. The molecule has 0 unspecified atom stereocenters. The number of benzene rings is 3. The van der Waals surface area contributed by atoms with E-state index in [2.05, 4.69) is 10.6 Å². The predicted molar refractivity (Wildman–Crippen MR) is 119 cm³/mol. The Bertz CT molecular complexity index is 1140. The Morgan fingerprint density at radius 2 is 1.48 bits per heavy atom. The Hall–Kier alpha value is -3.70. The van der Waals surface area contributed by atoms with Crippen LogP contribution in [0.5, 0.6) is 0 Å². The summed E-state index contributed by atoms with van der Waals surface area (Å²) in [5.41, 5.74) is 3.75. The Morgan fingerprint density at radius 1 is 0.690 bits per heavy atom. The molecular formula is C24H18N2O2S. The number of amides is 2. The first-order chi connectivity index (χ1) is 14.2. The lowest BCUT2D eigenvalue weighted by Gasteiger charge is -2.12. The summed E-state index contributed by atoms with van der Waals surface area (Å²) in [6.45, 7) is 0. The van der Waals surface area contributed by atoms with Crippen LogP contribution in [0.1, 0.15) is 20.0 Å². The van der Waals surface area contributed by atoms with E-state index in [4.69, 9.17) is 0 Å². The maximum absolute atomic E-state index is 12.8. The van der Waals surface area contributed by atoms with Gasteiger partial charge in [-0.3, -0.25) is 9.59 Å². The van der Waals surface area contributed by atoms with E-state index in [0.717, 1.165) is 16.8 Å². The third kappa shape index (κ3) is 4.42. The lowest BCUT2D eigenvalue weighted by molar-refractivity contribution is 0.101. The highest BCUT2D eigenvalue weighted by Gasteiger charge is 2.12. The van der Waals surface area contributed by atoms with E-state index in [1.165, 1.54) is 11.3 Å². The second-order valence-electron chi connectivity index (χ2n) is 6.38. The molecule has 0 fully saturated rings. The zero-order chi connectivity index (χ0) is 20.1. The van der Waals surface area contributed by atoms with Crippen LogP contribution in [-0.4, -0.2) is 11.8 Å². The topological polar surface area (TPSA) is 58.2 Å². The second-order valence-corrected chi connectivity index (χ2v) is 7.33. The average Bonchev–Trinajstić information content (AvgIpc) is 3.30. The first-order valence-electron chi connectivity index (χ1n) is 9.11. The first-order valence-corrected chi connectivity index (χ1v) is 9.99. The molecule has 2 amide bonds. The van der Waals surface area contributed by atoms with Gasteiger partial charge in [0.05, 0.1) is 4.88 Å². The molecule has 3 aromatic carbocycles. The van der Waals surface area contributed by atoms with Gasteiger partial charge < -0.3 is 10.6 Å². The summed E-state index contributed by atoms with van der Waals surface area (Å²) in [4.78, 5) is 25.7. The maximum atomic E-state index is 12.8. The van der Waals surface area contributed by atoms with Crippen LogP contribution in [0.2, 0.25) is 0 Å². The van der Waals surface area contributed by atoms with Crippen molar-refractivity contribution in [1.82, 2.24) is 0 Å². The van der Waals surface area contributed by atoms with Gasteiger partial charge in [-0.1, -0.05) is 60.7 Å². The third-order valence-electron chi connectivity index (χ3n) is 4.39. The fourth-order valence-corrected chi connectivity index (χ4v) is 3.61. The van der Waals surface area contributed by atoms with E-state index in [9.17, 15) is 9.59 Å². The first kappa shape index (κ1) is 18.7. The van der Waals surface area contributed by atoms with Gasteiger partial charge in [-0.15, -0.1) is 11.3 Å². The molecule has 1 heterocycles. The third-order valence-corrected chi connectivity index (χ3v) is 5.26. The summed E-state index contributed by atoms with van der Waals surface area (Å²) in [6.07, 6.45) is 0. The minimum absolute atomic E-state index is 0.188. The van der Waals surface area contributed by atoms with Crippen LogP contribution in [0.15, 0.2) is 96.4 Å². The monoisotopic (exact) mass is 398 g/mol. The summed E-state index contributed by atoms with van der Waals surface area (Å²) in [7, 11) is 0. The molecule has 4 aromatic rings. The van der Waals surface area contributed by atoms with Crippen LogP contribution in [-0.2, 0) is 0 Å². The molecule has 29 heavy (non-hydrogen) atoms. The molecular weight excluding hydrogens is 380 g/mol. The molecule has 0 radical (unpaired) electrons. The summed E-state index contributed by atoms with van der Waals surface area (Å²) in [5, 5.41) is 7.67. The highest BCUT2D eigenvalue weighted by Crippen LogP contribution is 2.28. The number of anilines is 2. The van der Waals surface area contributed by atoms with Crippen molar-refractivity contribution in [2.75, 3.05) is 10.6 Å². The second kappa shape index (κ2) is 8.54. The number of carbonyl (C=O) groups is 2. The molecule has 0 aliphatic rings. The molecule has 0 saturated heterocycles. The summed E-state index contributed by atoms with van der Waals surface area (Å²) in [5.74, 6) is -0.424. The van der Waals surface area contributed by atoms with E-state index in [1.54, 1.807) is 30.3 Å². The zero-order valence-corrected chi connectivity index (χ0v) is 16.3. The van der Waals surface area contributed by atoms with Crippen LogP contribution in [0.3, 0.4) is 0 Å². The highest BCUT2D eigenvalue weighted by molar-refractivity contribution is 7.12. The van der Waals surface area contributed by atoms with E-state index in [1.807, 2.05) is 66.0 Å². The molecule has 0 atom stereocenters. The molecule has 142 valence electrons. The van der Waals surface area contributed by atoms with Crippen molar-refractivity contribution < 1.29 is 9.59 Å². The Labute approximate surface area is 172 Å². The van der Waals surface area contributed by atoms with Gasteiger partial charge in [-0.2, -0.15) is 0 Å². The van der Waals surface area contributed by atoms with Gasteiger partial charge in [0.15, 0.2) is 0 Å². The standard InChI is InChI=1S/C24H18N2O2S/c27-23(26-21-13-5-4-12-20(21)17-8-2-1-3-9-17)18-10-6-11-19(16-18)25-24(28)22-14-7-15-29-22/h1-16H,(H,25,28)(H,26,27). The normalized spacial score (nSPS) is 10.3. The molecule has 2 N–H and O–H groups in total. The lowest BCUT2D eigenvalue weighted by atomic mass is 10.0. The van der Waals surface area contributed by atoms with Gasteiger partial charge >= 0.3 is 0 Å². The molecule has 0 saturated carbocycles. The van der Waals surface area contributed by atoms with E-state index >= 15 is 0 Å². The highest BCUT2D eigenvalue weighted by atomic mass is 32.1. The van der Waals surface area contributed by atoms with Gasteiger partial charge in [0.1, 0.15) is 0 Å². The van der Waals surface area contributed by atoms with Crippen molar-refractivity contribution in [2.45, 2.75) is 0 Å². The van der Waals surface area contributed by atoms with Crippen molar-refractivity contribution in [3.63, 3.8) is 0 Å². The molecule has 0 aliphatic heterocycles. The lowest BCUT2D eigenvalue weighted by Crippen LogP contribution is -2.14. The Balaban J connectivity index is 1.54. The number of rotatable bonds is 5. The van der Waals surface area contributed by atoms with Gasteiger partial charge in [0.2, 0.25) is 0 Å². The molecule has 0 aliphatic carbocycles. The molecule has 0 spiro atoms. The van der Waals surface area contributed by atoms with Gasteiger partial charge in [0, 0.05) is 22.5 Å². The largest absolute Gasteiger partial charge is 0.321 e. The van der Waals surface area contributed by atoms with E-state index in [-0.39, 0.29) is 11.8 Å². The van der Waals surface area contributed by atoms with Gasteiger partial charge in [-0.25, -0.2) is 0 Å². The number of hydrogen-bond acceptors (Lipinski definition) is 3. The predicted octanol–water partition coefficient (Wildman–Crippen LogP) is 5.92. The summed E-state index contributed by atoms with van der Waals surface area (Å²) in [6, 6.07) is 28.1. The van der Waals surface area contributed by atoms with Crippen LogP contribution in [0.25, 0.3) is 11.1 Å². The number of thiophene rings is 1. The van der Waals surface area contributed by atoms with Gasteiger partial charge in [-0.05, 0) is 41.3 Å². The number of para-hydroxylation sites is 1. The SMILES string of the molecule is O=C(Nc1ccccc1-c1ccccc1)c1cccc(NC(=O)c2cccs2)c1. The van der Waals surface area contributed by atoms with Crippen molar-refractivity contribution in [2.24, 2.45) is 0 Å². The smallest absolute Gasteiger partial charge is 0.265 e. The molecule has 1 aromatic heterocycles.